The van der Waals surface area contributed by atoms with E-state index in [-0.39, 0.29) is 12.0 Å². The van der Waals surface area contributed by atoms with Gasteiger partial charge in [-0.2, -0.15) is 5.26 Å². The molecule has 0 bridgehead atoms. The Morgan fingerprint density at radius 1 is 1.80 bits per heavy atom. The Morgan fingerprint density at radius 3 is 2.80 bits per heavy atom. The van der Waals surface area contributed by atoms with E-state index in [0.29, 0.717) is 6.42 Å². The van der Waals surface area contributed by atoms with E-state index in [9.17, 15) is 0 Å². The lowest BCUT2D eigenvalue weighted by Gasteiger charge is -2.07. The first-order chi connectivity index (χ1) is 4.77. The van der Waals surface area contributed by atoms with Crippen molar-refractivity contribution < 1.29 is 9.84 Å². The fraction of sp³-hybridized carbons (Fsp3) is 0.857. The third-order valence-electron chi connectivity index (χ3n) is 1.89. The standard InChI is InChI=1S/C7H11NO2/c1-2-5-3-6(4-8)10-7(5)9/h5-7,9H,2-3H2,1H3/t5?,6-,7?/m0/s1. The molecule has 0 aromatic heterocycles. The van der Waals surface area contributed by atoms with Crippen LogP contribution in [0.15, 0.2) is 0 Å². The topological polar surface area (TPSA) is 53.2 Å². The third-order valence-corrected chi connectivity index (χ3v) is 1.89. The van der Waals surface area contributed by atoms with Crippen LogP contribution in [0.2, 0.25) is 0 Å². The molecule has 1 aliphatic rings. The zero-order valence-electron chi connectivity index (χ0n) is 5.95. The maximum Gasteiger partial charge on any atom is 0.159 e. The number of aliphatic hydroxyl groups is 1. The summed E-state index contributed by atoms with van der Waals surface area (Å²) in [6.07, 6.45) is 0.447. The van der Waals surface area contributed by atoms with Crippen LogP contribution >= 0.6 is 0 Å². The lowest BCUT2D eigenvalue weighted by molar-refractivity contribution is -0.0963. The maximum atomic E-state index is 9.12. The van der Waals surface area contributed by atoms with Crippen molar-refractivity contribution in [2.45, 2.75) is 32.2 Å². The second-order valence-electron chi connectivity index (χ2n) is 2.55. The van der Waals surface area contributed by atoms with Gasteiger partial charge in [0.2, 0.25) is 0 Å². The molecule has 0 saturated carbocycles. The van der Waals surface area contributed by atoms with Crippen molar-refractivity contribution in [3.8, 4) is 6.07 Å². The number of nitriles is 1. The molecular formula is C7H11NO2. The first-order valence-electron chi connectivity index (χ1n) is 3.51. The van der Waals surface area contributed by atoms with E-state index in [1.165, 1.54) is 0 Å². The Balaban J connectivity index is 2.46. The highest BCUT2D eigenvalue weighted by molar-refractivity contribution is 4.91. The van der Waals surface area contributed by atoms with Gasteiger partial charge in [-0.1, -0.05) is 6.92 Å². The minimum absolute atomic E-state index is 0.157. The van der Waals surface area contributed by atoms with Crippen LogP contribution in [0.25, 0.3) is 0 Å². The number of hydrogen-bond donors (Lipinski definition) is 1. The van der Waals surface area contributed by atoms with Crippen LogP contribution in [0.5, 0.6) is 0 Å². The minimum atomic E-state index is -0.713. The molecule has 1 N–H and O–H groups in total. The van der Waals surface area contributed by atoms with Gasteiger partial charge in [-0.15, -0.1) is 0 Å². The Labute approximate surface area is 60.2 Å². The van der Waals surface area contributed by atoms with Crippen molar-refractivity contribution >= 4 is 0 Å². The average Bonchev–Trinajstić information content (AvgIpc) is 2.30. The number of nitrogens with zero attached hydrogens (tertiary/aromatic N) is 1. The van der Waals surface area contributed by atoms with Crippen LogP contribution in [0.3, 0.4) is 0 Å². The highest BCUT2D eigenvalue weighted by Gasteiger charge is 2.32. The lowest BCUT2D eigenvalue weighted by Crippen LogP contribution is -2.13. The Kier molecular flexibility index (Phi) is 2.25. The predicted octanol–water partition coefficient (Wildman–Crippen LogP) is 0.643. The van der Waals surface area contributed by atoms with Crippen molar-refractivity contribution in [3.63, 3.8) is 0 Å². The minimum Gasteiger partial charge on any atom is -0.368 e. The van der Waals surface area contributed by atoms with E-state index >= 15 is 0 Å². The Bertz CT molecular complexity index is 152. The lowest BCUT2D eigenvalue weighted by atomic mass is 10.0. The van der Waals surface area contributed by atoms with Gasteiger partial charge in [0.1, 0.15) is 6.10 Å². The molecule has 0 spiro atoms. The molecule has 0 aliphatic carbocycles. The van der Waals surface area contributed by atoms with Gasteiger partial charge in [0, 0.05) is 5.92 Å². The Hall–Kier alpha value is -0.590. The zero-order valence-corrected chi connectivity index (χ0v) is 5.95. The molecule has 2 unspecified atom stereocenters. The highest BCUT2D eigenvalue weighted by Crippen LogP contribution is 2.26. The molecule has 1 rings (SSSR count). The summed E-state index contributed by atoms with van der Waals surface area (Å²) in [6.45, 7) is 1.98. The van der Waals surface area contributed by atoms with E-state index < -0.39 is 6.29 Å². The third kappa shape index (κ3) is 1.28. The van der Waals surface area contributed by atoms with E-state index in [1.54, 1.807) is 0 Å². The molecule has 1 heterocycles. The molecule has 3 heteroatoms. The van der Waals surface area contributed by atoms with Crippen LogP contribution < -0.4 is 0 Å². The monoisotopic (exact) mass is 141 g/mol. The summed E-state index contributed by atoms with van der Waals surface area (Å²) in [6, 6.07) is 1.98. The van der Waals surface area contributed by atoms with Crippen molar-refractivity contribution in [2.24, 2.45) is 5.92 Å². The van der Waals surface area contributed by atoms with E-state index in [0.717, 1.165) is 6.42 Å². The second-order valence-corrected chi connectivity index (χ2v) is 2.55. The molecule has 0 radical (unpaired) electrons. The van der Waals surface area contributed by atoms with Crippen LogP contribution in [0, 0.1) is 17.2 Å². The molecule has 0 aromatic carbocycles. The van der Waals surface area contributed by atoms with Crippen molar-refractivity contribution in [1.82, 2.24) is 0 Å². The summed E-state index contributed by atoms with van der Waals surface area (Å²) in [5.41, 5.74) is 0. The number of rotatable bonds is 1. The van der Waals surface area contributed by atoms with Crippen molar-refractivity contribution in [3.05, 3.63) is 0 Å². The van der Waals surface area contributed by atoms with Crippen molar-refractivity contribution in [1.29, 1.82) is 5.26 Å². The van der Waals surface area contributed by atoms with Gasteiger partial charge in [-0.05, 0) is 12.8 Å². The molecule has 1 saturated heterocycles. The fourth-order valence-electron chi connectivity index (χ4n) is 1.18. The molecule has 3 nitrogen and oxygen atoms in total. The summed E-state index contributed by atoms with van der Waals surface area (Å²) in [4.78, 5) is 0. The van der Waals surface area contributed by atoms with Gasteiger partial charge in [0.05, 0.1) is 6.07 Å². The summed E-state index contributed by atoms with van der Waals surface area (Å²) < 4.78 is 4.91. The van der Waals surface area contributed by atoms with Crippen LogP contribution in [0.4, 0.5) is 0 Å². The van der Waals surface area contributed by atoms with Crippen LogP contribution in [-0.4, -0.2) is 17.5 Å². The SMILES string of the molecule is CCC1C[C@@H](C#N)OC1O. The summed E-state index contributed by atoms with van der Waals surface area (Å²) in [5, 5.41) is 17.5. The summed E-state index contributed by atoms with van der Waals surface area (Å²) >= 11 is 0. The Morgan fingerprint density at radius 2 is 2.50 bits per heavy atom. The maximum absolute atomic E-state index is 9.12. The molecule has 10 heavy (non-hydrogen) atoms. The van der Waals surface area contributed by atoms with Gasteiger partial charge < -0.3 is 9.84 Å². The number of ether oxygens (including phenoxy) is 1. The molecule has 0 amide bonds. The quantitative estimate of drug-likeness (QED) is 0.583. The average molecular weight is 141 g/mol. The van der Waals surface area contributed by atoms with Gasteiger partial charge in [-0.25, -0.2) is 0 Å². The molecule has 1 aliphatic heterocycles. The first kappa shape index (κ1) is 7.52. The van der Waals surface area contributed by atoms with Gasteiger partial charge in [0.15, 0.2) is 6.29 Å². The molecule has 3 atom stereocenters. The molecular weight excluding hydrogens is 130 g/mol. The van der Waals surface area contributed by atoms with Gasteiger partial charge >= 0.3 is 0 Å². The van der Waals surface area contributed by atoms with E-state index in [4.69, 9.17) is 15.1 Å². The van der Waals surface area contributed by atoms with E-state index in [1.807, 2.05) is 13.0 Å². The normalized spacial score (nSPS) is 39.5. The van der Waals surface area contributed by atoms with Crippen LogP contribution in [-0.2, 0) is 4.74 Å². The summed E-state index contributed by atoms with van der Waals surface area (Å²) in [7, 11) is 0. The van der Waals surface area contributed by atoms with Crippen LogP contribution in [0.1, 0.15) is 19.8 Å². The number of hydrogen-bond acceptors (Lipinski definition) is 3. The van der Waals surface area contributed by atoms with Crippen molar-refractivity contribution in [2.75, 3.05) is 0 Å². The van der Waals surface area contributed by atoms with E-state index in [2.05, 4.69) is 0 Å². The largest absolute Gasteiger partial charge is 0.368 e. The zero-order chi connectivity index (χ0) is 7.56. The van der Waals surface area contributed by atoms with Gasteiger partial charge in [0.25, 0.3) is 0 Å². The second kappa shape index (κ2) is 3.00. The fourth-order valence-corrected chi connectivity index (χ4v) is 1.18. The highest BCUT2D eigenvalue weighted by atomic mass is 16.6. The molecule has 0 aromatic rings. The van der Waals surface area contributed by atoms with Gasteiger partial charge in [-0.3, -0.25) is 0 Å². The smallest absolute Gasteiger partial charge is 0.159 e. The predicted molar refractivity (Wildman–Crippen MR) is 34.9 cm³/mol. The molecule has 1 fully saturated rings. The first-order valence-corrected chi connectivity index (χ1v) is 3.51. The summed E-state index contributed by atoms with van der Waals surface area (Å²) in [5.74, 6) is 0.157. The number of aliphatic hydroxyl groups excluding tert-OH is 1. The molecule has 56 valence electrons.